The molecule has 0 aliphatic heterocycles. The van der Waals surface area contributed by atoms with Crippen molar-refractivity contribution in [3.05, 3.63) is 41.0 Å². The van der Waals surface area contributed by atoms with Gasteiger partial charge in [0, 0.05) is 28.7 Å². The van der Waals surface area contributed by atoms with Crippen LogP contribution in [-0.2, 0) is 21.6 Å². The van der Waals surface area contributed by atoms with Gasteiger partial charge in [-0.15, -0.1) is 0 Å². The Labute approximate surface area is 151 Å². The highest BCUT2D eigenvalue weighted by atomic mass is 32.2. The average Bonchev–Trinajstić information content (AvgIpc) is 2.51. The first-order chi connectivity index (χ1) is 12.0. The molecule has 0 unspecified atom stereocenters. The van der Waals surface area contributed by atoms with Crippen molar-refractivity contribution in [3.8, 4) is 23.0 Å². The smallest absolute Gasteiger partial charge is 0.339 e. The molecule has 2 rings (SSSR count). The number of benzene rings is 2. The van der Waals surface area contributed by atoms with E-state index in [1.165, 1.54) is 6.07 Å². The first kappa shape index (κ1) is 19.7. The molecule has 0 aliphatic carbocycles. The van der Waals surface area contributed by atoms with E-state index in [1.807, 2.05) is 0 Å². The molecule has 0 amide bonds. The van der Waals surface area contributed by atoms with Gasteiger partial charge in [0.25, 0.3) is 10.1 Å². The number of thioether (sulfide) groups is 1. The zero-order valence-corrected chi connectivity index (χ0v) is 14.6. The van der Waals surface area contributed by atoms with Crippen LogP contribution in [0.15, 0.2) is 29.2 Å². The monoisotopic (exact) mass is 402 g/mol. The molecule has 0 heterocycles. The van der Waals surface area contributed by atoms with Gasteiger partial charge >= 0.3 is 5.97 Å². The summed E-state index contributed by atoms with van der Waals surface area (Å²) in [5.74, 6) is -3.36. The highest BCUT2D eigenvalue weighted by Gasteiger charge is 2.19. The number of carboxylic acids is 1. The molecule has 6 N–H and O–H groups in total. The van der Waals surface area contributed by atoms with E-state index in [-0.39, 0.29) is 28.4 Å². The van der Waals surface area contributed by atoms with Crippen LogP contribution in [0.5, 0.6) is 23.0 Å². The third kappa shape index (κ3) is 4.31. The first-order valence-corrected chi connectivity index (χ1v) is 9.48. The van der Waals surface area contributed by atoms with Crippen LogP contribution in [0.4, 0.5) is 0 Å². The Morgan fingerprint density at radius 3 is 2.12 bits per heavy atom. The predicted molar refractivity (Wildman–Crippen MR) is 91.3 cm³/mol. The lowest BCUT2D eigenvalue weighted by Gasteiger charge is -2.10. The summed E-state index contributed by atoms with van der Waals surface area (Å²) >= 11 is 1.09. The zero-order valence-electron chi connectivity index (χ0n) is 12.9. The van der Waals surface area contributed by atoms with Gasteiger partial charge in [0.2, 0.25) is 0 Å². The molecule has 2 aromatic rings. The van der Waals surface area contributed by atoms with Crippen molar-refractivity contribution in [1.82, 2.24) is 0 Å². The second-order valence-corrected chi connectivity index (χ2v) is 7.60. The van der Waals surface area contributed by atoms with E-state index in [9.17, 15) is 33.6 Å². The summed E-state index contributed by atoms with van der Waals surface area (Å²) in [6.07, 6.45) is 0. The lowest BCUT2D eigenvalue weighted by molar-refractivity contribution is 0.0693. The molecular weight excluding hydrogens is 388 g/mol. The fraction of sp³-hybridized carbons (Fsp3) is 0.133. The maximum Gasteiger partial charge on any atom is 0.339 e. The van der Waals surface area contributed by atoms with Crippen LogP contribution < -0.4 is 0 Å². The Morgan fingerprint density at radius 1 is 0.923 bits per heavy atom. The number of aromatic hydroxyl groups is 4. The Morgan fingerprint density at radius 2 is 1.54 bits per heavy atom. The number of carboxylic acid groups (broad SMARTS) is 1. The molecule has 0 atom stereocenters. The SMILES string of the molecule is O=C(O)c1cc(O)cc(CSCc2cc(O)c(S(=O)(=O)O)cc2O)c1O. The summed E-state index contributed by atoms with van der Waals surface area (Å²) in [6, 6.07) is 3.77. The van der Waals surface area contributed by atoms with Gasteiger partial charge in [-0.2, -0.15) is 20.2 Å². The summed E-state index contributed by atoms with van der Waals surface area (Å²) in [4.78, 5) is 10.2. The molecule has 0 aromatic heterocycles. The Bertz CT molecular complexity index is 968. The number of rotatable bonds is 6. The number of aromatic carboxylic acids is 1. The largest absolute Gasteiger partial charge is 0.508 e. The topological polar surface area (TPSA) is 173 Å². The number of phenolic OH excluding ortho intramolecular Hbond substituents is 3. The van der Waals surface area contributed by atoms with Gasteiger partial charge in [-0.05, 0) is 18.2 Å². The zero-order chi connectivity index (χ0) is 19.6. The van der Waals surface area contributed by atoms with Crippen LogP contribution in [0, 0.1) is 0 Å². The van der Waals surface area contributed by atoms with Crippen molar-refractivity contribution in [2.45, 2.75) is 16.4 Å². The van der Waals surface area contributed by atoms with Crippen molar-refractivity contribution < 1.29 is 43.3 Å². The van der Waals surface area contributed by atoms with Gasteiger partial charge in [0.05, 0.1) is 0 Å². The van der Waals surface area contributed by atoms with Crippen molar-refractivity contribution in [3.63, 3.8) is 0 Å². The maximum atomic E-state index is 11.1. The standard InChI is InChI=1S/C15H14O9S2/c16-9-1-8(14(19)10(3-9)15(20)21)6-25-5-7-2-12(18)13(4-11(7)17)26(22,23)24/h1-4,16-19H,5-6H2,(H,20,21)(H,22,23,24). The second-order valence-electron chi connectivity index (χ2n) is 5.22. The fourth-order valence-corrected chi connectivity index (χ4v) is 3.72. The van der Waals surface area contributed by atoms with Crippen LogP contribution in [0.2, 0.25) is 0 Å². The van der Waals surface area contributed by atoms with E-state index in [0.29, 0.717) is 6.07 Å². The van der Waals surface area contributed by atoms with Gasteiger partial charge in [0.15, 0.2) is 0 Å². The molecule has 0 saturated heterocycles. The second kappa shape index (κ2) is 7.32. The van der Waals surface area contributed by atoms with E-state index in [4.69, 9.17) is 9.66 Å². The van der Waals surface area contributed by atoms with Gasteiger partial charge in [-0.3, -0.25) is 4.55 Å². The molecule has 0 fully saturated rings. The molecule has 0 radical (unpaired) electrons. The van der Waals surface area contributed by atoms with E-state index in [0.717, 1.165) is 23.9 Å². The summed E-state index contributed by atoms with van der Waals surface area (Å²) < 4.78 is 31.0. The third-order valence-corrected chi connectivity index (χ3v) is 5.27. The quantitative estimate of drug-likeness (QED) is 0.309. The van der Waals surface area contributed by atoms with Gasteiger partial charge in [-0.1, -0.05) is 0 Å². The van der Waals surface area contributed by atoms with E-state index >= 15 is 0 Å². The average molecular weight is 402 g/mol. The maximum absolute atomic E-state index is 11.1. The van der Waals surface area contributed by atoms with Crippen molar-refractivity contribution in [1.29, 1.82) is 0 Å². The number of hydrogen-bond donors (Lipinski definition) is 6. The molecule has 0 bridgehead atoms. The van der Waals surface area contributed by atoms with Crippen LogP contribution in [-0.4, -0.2) is 44.5 Å². The van der Waals surface area contributed by atoms with Crippen LogP contribution in [0.25, 0.3) is 0 Å². The lowest BCUT2D eigenvalue weighted by Crippen LogP contribution is -2.00. The van der Waals surface area contributed by atoms with Crippen molar-refractivity contribution >= 4 is 27.8 Å². The number of phenols is 4. The molecule has 11 heteroatoms. The van der Waals surface area contributed by atoms with Gasteiger partial charge in [0.1, 0.15) is 33.5 Å². The summed E-state index contributed by atoms with van der Waals surface area (Å²) in [5, 5.41) is 47.9. The molecule has 140 valence electrons. The van der Waals surface area contributed by atoms with Crippen LogP contribution in [0.1, 0.15) is 21.5 Å². The van der Waals surface area contributed by atoms with E-state index < -0.39 is 43.8 Å². The lowest BCUT2D eigenvalue weighted by atomic mass is 10.1. The highest BCUT2D eigenvalue weighted by Crippen LogP contribution is 2.35. The van der Waals surface area contributed by atoms with Crippen molar-refractivity contribution in [2.24, 2.45) is 0 Å². The van der Waals surface area contributed by atoms with Crippen molar-refractivity contribution in [2.75, 3.05) is 0 Å². The molecule has 0 spiro atoms. The fourth-order valence-electron chi connectivity index (χ4n) is 2.14. The van der Waals surface area contributed by atoms with E-state index in [1.54, 1.807) is 0 Å². The third-order valence-electron chi connectivity index (χ3n) is 3.36. The minimum atomic E-state index is -4.69. The van der Waals surface area contributed by atoms with Crippen LogP contribution in [0.3, 0.4) is 0 Å². The Hall–Kier alpha value is -2.63. The van der Waals surface area contributed by atoms with Crippen LogP contribution >= 0.6 is 11.8 Å². The summed E-state index contributed by atoms with van der Waals surface area (Å²) in [6.45, 7) is 0. The molecular formula is C15H14O9S2. The predicted octanol–water partition coefficient (Wildman–Crippen LogP) is 1.89. The normalized spacial score (nSPS) is 11.4. The first-order valence-electron chi connectivity index (χ1n) is 6.89. The summed E-state index contributed by atoms with van der Waals surface area (Å²) in [5.41, 5.74) is -0.165. The molecule has 26 heavy (non-hydrogen) atoms. The van der Waals surface area contributed by atoms with Gasteiger partial charge in [-0.25, -0.2) is 4.79 Å². The molecule has 0 saturated carbocycles. The summed E-state index contributed by atoms with van der Waals surface area (Å²) in [7, 11) is -4.69. The number of hydrogen-bond acceptors (Lipinski definition) is 8. The molecule has 9 nitrogen and oxygen atoms in total. The minimum absolute atomic E-state index is 0.0563. The molecule has 0 aliphatic rings. The number of carbonyl (C=O) groups is 1. The Kier molecular flexibility index (Phi) is 5.54. The Balaban J connectivity index is 2.19. The minimum Gasteiger partial charge on any atom is -0.508 e. The van der Waals surface area contributed by atoms with Gasteiger partial charge < -0.3 is 25.5 Å². The molecule has 2 aromatic carbocycles. The highest BCUT2D eigenvalue weighted by molar-refractivity contribution is 7.97. The van der Waals surface area contributed by atoms with E-state index in [2.05, 4.69) is 0 Å².